The van der Waals surface area contributed by atoms with E-state index in [1.54, 1.807) is 36.7 Å². The van der Waals surface area contributed by atoms with Crippen molar-refractivity contribution in [2.24, 2.45) is 0 Å². The summed E-state index contributed by atoms with van der Waals surface area (Å²) in [5, 5.41) is 4.74. The van der Waals surface area contributed by atoms with Gasteiger partial charge in [0.2, 0.25) is 0 Å². The molecular weight excluding hydrogens is 273 g/mol. The minimum Gasteiger partial charge on any atom is -0.489 e. The summed E-state index contributed by atoms with van der Waals surface area (Å²) in [4.78, 5) is 16.2. The highest BCUT2D eigenvalue weighted by atomic mass is 19.1. The Kier molecular flexibility index (Phi) is 3.59. The largest absolute Gasteiger partial charge is 0.489 e. The van der Waals surface area contributed by atoms with Gasteiger partial charge in [-0.25, -0.2) is 9.07 Å². The van der Waals surface area contributed by atoms with Crippen molar-refractivity contribution in [3.8, 4) is 5.75 Å². The van der Waals surface area contributed by atoms with E-state index in [0.717, 1.165) is 0 Å². The quantitative estimate of drug-likeness (QED) is 0.736. The summed E-state index contributed by atoms with van der Waals surface area (Å²) in [6.07, 6.45) is 3.14. The molecule has 0 radical (unpaired) electrons. The Bertz CT molecular complexity index is 832. The zero-order chi connectivity index (χ0) is 14.7. The van der Waals surface area contributed by atoms with Gasteiger partial charge in [0.25, 0.3) is 5.56 Å². The summed E-state index contributed by atoms with van der Waals surface area (Å²) in [6.45, 7) is 0.367. The van der Waals surface area contributed by atoms with Gasteiger partial charge < -0.3 is 4.74 Å². The fraction of sp³-hybridized carbons (Fsp3) is 0.133. The van der Waals surface area contributed by atoms with Gasteiger partial charge in [-0.2, -0.15) is 5.10 Å². The first-order chi connectivity index (χ1) is 10.3. The van der Waals surface area contributed by atoms with E-state index >= 15 is 0 Å². The summed E-state index contributed by atoms with van der Waals surface area (Å²) >= 11 is 0. The van der Waals surface area contributed by atoms with Gasteiger partial charge in [-0.15, -0.1) is 0 Å². The van der Waals surface area contributed by atoms with Crippen molar-refractivity contribution in [1.29, 1.82) is 0 Å². The number of pyridine rings is 1. The minimum atomic E-state index is -0.432. The predicted molar refractivity (Wildman–Crippen MR) is 75.7 cm³/mol. The highest BCUT2D eigenvalue weighted by molar-refractivity contribution is 5.75. The van der Waals surface area contributed by atoms with E-state index in [1.165, 1.54) is 16.8 Å². The van der Waals surface area contributed by atoms with E-state index < -0.39 is 5.82 Å². The molecule has 0 aliphatic heterocycles. The van der Waals surface area contributed by atoms with E-state index in [0.29, 0.717) is 10.9 Å². The molecular formula is C15H12FN3O2. The summed E-state index contributed by atoms with van der Waals surface area (Å²) in [5.74, 6) is -0.276. The number of aromatic nitrogens is 3. The second kappa shape index (κ2) is 5.70. The number of benzene rings is 1. The molecule has 0 fully saturated rings. The summed E-state index contributed by atoms with van der Waals surface area (Å²) in [7, 11) is 0. The van der Waals surface area contributed by atoms with Crippen molar-refractivity contribution in [1.82, 2.24) is 14.8 Å². The second-order valence-corrected chi connectivity index (χ2v) is 4.39. The standard InChI is InChI=1S/C15H12FN3O2/c16-12-5-1-2-6-13(12)21-9-8-19-15(20)14-11(10-18-19)4-3-7-17-14/h1-7,10H,8-9H2. The molecule has 106 valence electrons. The lowest BCUT2D eigenvalue weighted by Gasteiger charge is -2.08. The molecule has 0 N–H and O–H groups in total. The molecule has 0 atom stereocenters. The highest BCUT2D eigenvalue weighted by Crippen LogP contribution is 2.15. The van der Waals surface area contributed by atoms with Crippen LogP contribution in [0.2, 0.25) is 0 Å². The van der Waals surface area contributed by atoms with E-state index in [1.807, 2.05) is 0 Å². The summed E-state index contributed by atoms with van der Waals surface area (Å²) in [5.41, 5.74) is 0.0728. The molecule has 6 heteroatoms. The molecule has 0 aliphatic rings. The zero-order valence-electron chi connectivity index (χ0n) is 11.1. The number of rotatable bonds is 4. The summed E-state index contributed by atoms with van der Waals surface area (Å²) in [6, 6.07) is 9.64. The fourth-order valence-electron chi connectivity index (χ4n) is 1.97. The van der Waals surface area contributed by atoms with Crippen molar-refractivity contribution in [3.63, 3.8) is 0 Å². The van der Waals surface area contributed by atoms with Crippen LogP contribution in [-0.2, 0) is 6.54 Å². The van der Waals surface area contributed by atoms with Crippen LogP contribution in [0.15, 0.2) is 53.6 Å². The van der Waals surface area contributed by atoms with Gasteiger partial charge >= 0.3 is 0 Å². The normalized spacial score (nSPS) is 10.7. The smallest absolute Gasteiger partial charge is 0.293 e. The Morgan fingerprint density at radius 2 is 2.05 bits per heavy atom. The monoisotopic (exact) mass is 285 g/mol. The Balaban J connectivity index is 1.76. The molecule has 1 aromatic carbocycles. The second-order valence-electron chi connectivity index (χ2n) is 4.39. The highest BCUT2D eigenvalue weighted by Gasteiger charge is 2.06. The maximum atomic E-state index is 13.4. The average molecular weight is 285 g/mol. The Morgan fingerprint density at radius 1 is 1.19 bits per heavy atom. The zero-order valence-corrected chi connectivity index (χ0v) is 11.1. The van der Waals surface area contributed by atoms with Crippen molar-refractivity contribution in [2.45, 2.75) is 6.54 Å². The number of hydrogen-bond donors (Lipinski definition) is 0. The Morgan fingerprint density at radius 3 is 2.90 bits per heavy atom. The van der Waals surface area contributed by atoms with Crippen LogP contribution < -0.4 is 10.3 Å². The van der Waals surface area contributed by atoms with Crippen molar-refractivity contribution < 1.29 is 9.13 Å². The third-order valence-electron chi connectivity index (χ3n) is 3.01. The topological polar surface area (TPSA) is 57.0 Å². The number of halogens is 1. The minimum absolute atomic E-state index is 0.145. The fourth-order valence-corrected chi connectivity index (χ4v) is 1.97. The summed E-state index contributed by atoms with van der Waals surface area (Å²) < 4.78 is 20.0. The third kappa shape index (κ3) is 2.74. The lowest BCUT2D eigenvalue weighted by molar-refractivity contribution is 0.275. The number of para-hydroxylation sites is 1. The molecule has 3 aromatic rings. The van der Waals surface area contributed by atoms with Gasteiger partial charge in [-0.05, 0) is 24.3 Å². The van der Waals surface area contributed by atoms with Gasteiger partial charge in [0, 0.05) is 11.6 Å². The van der Waals surface area contributed by atoms with Crippen LogP contribution >= 0.6 is 0 Å². The van der Waals surface area contributed by atoms with E-state index in [-0.39, 0.29) is 24.5 Å². The van der Waals surface area contributed by atoms with Crippen LogP contribution in [0.4, 0.5) is 4.39 Å². The molecule has 2 heterocycles. The number of nitrogens with zero attached hydrogens (tertiary/aromatic N) is 3. The van der Waals surface area contributed by atoms with Crippen LogP contribution in [0.3, 0.4) is 0 Å². The molecule has 0 bridgehead atoms. The van der Waals surface area contributed by atoms with Gasteiger partial charge in [0.05, 0.1) is 12.7 Å². The predicted octanol–water partition coefficient (Wildman–Crippen LogP) is 2.01. The van der Waals surface area contributed by atoms with Gasteiger partial charge in [-0.3, -0.25) is 9.78 Å². The van der Waals surface area contributed by atoms with Crippen molar-refractivity contribution in [3.05, 3.63) is 65.0 Å². The van der Waals surface area contributed by atoms with Gasteiger partial charge in [0.15, 0.2) is 11.6 Å². The molecule has 5 nitrogen and oxygen atoms in total. The lowest BCUT2D eigenvalue weighted by Crippen LogP contribution is -2.26. The third-order valence-corrected chi connectivity index (χ3v) is 3.01. The lowest BCUT2D eigenvalue weighted by atomic mass is 10.3. The van der Waals surface area contributed by atoms with Gasteiger partial charge in [-0.1, -0.05) is 12.1 Å². The molecule has 0 saturated carbocycles. The van der Waals surface area contributed by atoms with Crippen LogP contribution in [0.5, 0.6) is 5.75 Å². The molecule has 2 aromatic heterocycles. The number of ether oxygens (including phenoxy) is 1. The maximum absolute atomic E-state index is 13.4. The van der Waals surface area contributed by atoms with Crippen LogP contribution in [0.25, 0.3) is 10.9 Å². The molecule has 0 amide bonds. The maximum Gasteiger partial charge on any atom is 0.293 e. The van der Waals surface area contributed by atoms with E-state index in [2.05, 4.69) is 10.1 Å². The Hall–Kier alpha value is -2.76. The first-order valence-electron chi connectivity index (χ1n) is 6.44. The van der Waals surface area contributed by atoms with Crippen molar-refractivity contribution in [2.75, 3.05) is 6.61 Å². The number of fused-ring (bicyclic) bond motifs is 1. The average Bonchev–Trinajstić information content (AvgIpc) is 2.52. The molecule has 21 heavy (non-hydrogen) atoms. The molecule has 0 saturated heterocycles. The SMILES string of the molecule is O=c1c2ncccc2cnn1CCOc1ccccc1F. The van der Waals surface area contributed by atoms with Crippen LogP contribution in [-0.4, -0.2) is 21.4 Å². The first-order valence-corrected chi connectivity index (χ1v) is 6.44. The van der Waals surface area contributed by atoms with Crippen LogP contribution in [0.1, 0.15) is 0 Å². The van der Waals surface area contributed by atoms with Gasteiger partial charge in [0.1, 0.15) is 12.1 Å². The molecule has 0 aliphatic carbocycles. The van der Waals surface area contributed by atoms with E-state index in [9.17, 15) is 9.18 Å². The molecule has 0 unspecified atom stereocenters. The molecule has 0 spiro atoms. The van der Waals surface area contributed by atoms with Crippen LogP contribution in [0, 0.1) is 5.82 Å². The number of hydrogen-bond acceptors (Lipinski definition) is 4. The van der Waals surface area contributed by atoms with Crippen molar-refractivity contribution >= 4 is 10.9 Å². The Labute approximate surface area is 119 Å². The molecule has 3 rings (SSSR count). The first kappa shape index (κ1) is 13.2. The van der Waals surface area contributed by atoms with E-state index in [4.69, 9.17) is 4.74 Å².